The van der Waals surface area contributed by atoms with Crippen molar-refractivity contribution >= 4 is 17.6 Å². The van der Waals surface area contributed by atoms with Crippen LogP contribution in [0.5, 0.6) is 0 Å². The Labute approximate surface area is 70.2 Å². The zero-order valence-corrected chi connectivity index (χ0v) is 4.71. The Bertz CT molecular complexity index is 13.5. The van der Waals surface area contributed by atoms with Crippen molar-refractivity contribution in [2.75, 3.05) is 0 Å². The summed E-state index contributed by atoms with van der Waals surface area (Å²) in [6.07, 6.45) is 0. The second kappa shape index (κ2) is 8.82. The van der Waals surface area contributed by atoms with E-state index in [1.54, 1.807) is 6.92 Å². The molecule has 0 aromatic carbocycles. The number of hydrogen-bond acceptors (Lipinski definition) is 1. The first-order chi connectivity index (χ1) is 1.41. The van der Waals surface area contributed by atoms with E-state index in [-0.39, 0.29) is 46.9 Å². The second-order valence-electron chi connectivity index (χ2n) is 0.204. The Morgan fingerprint density at radius 2 is 1.75 bits per heavy atom. The molecule has 32 valence electrons. The van der Waals surface area contributed by atoms with Crippen LogP contribution < -0.4 is 0 Å². The fourth-order valence-electron chi connectivity index (χ4n) is 0. The van der Waals surface area contributed by atoms with Gasteiger partial charge in [-0.1, -0.05) is 0 Å². The first-order valence-electron chi connectivity index (χ1n) is 0.704. The summed E-state index contributed by atoms with van der Waals surface area (Å²) < 4.78 is 0. The van der Waals surface area contributed by atoms with Crippen LogP contribution in [0.4, 0.5) is 0 Å². The molecule has 0 nitrogen and oxygen atoms in total. The Morgan fingerprint density at radius 3 is 1.75 bits per heavy atom. The van der Waals surface area contributed by atoms with Gasteiger partial charge >= 0.3 is 0 Å². The first kappa shape index (κ1) is 9.15. The van der Waals surface area contributed by atoms with E-state index in [1.165, 1.54) is 0 Å². The molecule has 0 atom stereocenters. The number of rotatable bonds is 0. The van der Waals surface area contributed by atoms with Gasteiger partial charge < -0.3 is 17.6 Å². The van der Waals surface area contributed by atoms with Crippen molar-refractivity contribution < 1.29 is 46.9 Å². The number of thiocarbonyl (C=S) groups is 1. The molecule has 0 aromatic rings. The Kier molecular flexibility index (Phi) is 20.2. The third-order valence-electron chi connectivity index (χ3n) is 0. The standard InChI is InChI=1S/C2H3S.Yb/c1-2-3;/h1H3;/q-1;. The van der Waals surface area contributed by atoms with E-state index in [4.69, 9.17) is 0 Å². The molecular weight excluding hydrogens is 229 g/mol. The monoisotopic (exact) mass is 233 g/mol. The van der Waals surface area contributed by atoms with Gasteiger partial charge in [-0.25, -0.2) is 0 Å². The van der Waals surface area contributed by atoms with Crippen molar-refractivity contribution in [2.45, 2.75) is 6.92 Å². The predicted octanol–water partition coefficient (Wildman–Crippen LogP) is 0.883. The fourth-order valence-corrected chi connectivity index (χ4v) is 0. The molecule has 0 spiro atoms. The van der Waals surface area contributed by atoms with Crippen molar-refractivity contribution in [3.05, 3.63) is 0 Å². The van der Waals surface area contributed by atoms with Crippen LogP contribution >= 0.6 is 12.2 Å². The molecular formula is C2H3SYb-. The SMILES string of the molecule is C[C-]=S.[Yb]. The minimum Gasteiger partial charge on any atom is -0.428 e. The minimum atomic E-state index is 0. The average Bonchev–Trinajstić information content (AvgIpc) is 0.918. The first-order valence-corrected chi connectivity index (χ1v) is 1.11. The molecule has 4 heavy (non-hydrogen) atoms. The molecule has 0 aromatic heterocycles. The van der Waals surface area contributed by atoms with E-state index < -0.39 is 0 Å². The van der Waals surface area contributed by atoms with E-state index in [9.17, 15) is 0 Å². The van der Waals surface area contributed by atoms with Gasteiger partial charge in [-0.3, -0.25) is 0 Å². The average molecular weight is 232 g/mol. The molecule has 0 radical (unpaired) electrons. The molecule has 0 aliphatic carbocycles. The molecule has 0 unspecified atom stereocenters. The van der Waals surface area contributed by atoms with Gasteiger partial charge in [0.2, 0.25) is 0 Å². The van der Waals surface area contributed by atoms with E-state index >= 15 is 0 Å². The maximum atomic E-state index is 4.14. The van der Waals surface area contributed by atoms with Gasteiger partial charge in [-0.2, -0.15) is 6.92 Å². The summed E-state index contributed by atoms with van der Waals surface area (Å²) in [5.41, 5.74) is 0. The molecule has 0 fully saturated rings. The zero-order valence-electron chi connectivity index (χ0n) is 2.18. The van der Waals surface area contributed by atoms with Crippen molar-refractivity contribution in [1.82, 2.24) is 0 Å². The molecule has 2 heteroatoms. The van der Waals surface area contributed by atoms with Gasteiger partial charge in [0.05, 0.1) is 0 Å². The van der Waals surface area contributed by atoms with Gasteiger partial charge in [0.1, 0.15) is 0 Å². The fraction of sp³-hybridized carbons (Fsp3) is 0.500. The smallest absolute Gasteiger partial charge is 0 e. The van der Waals surface area contributed by atoms with Gasteiger partial charge in [-0.05, 0) is 0 Å². The molecule has 0 bridgehead atoms. The maximum Gasteiger partial charge on any atom is 0 e. The Hall–Kier alpha value is 1.61. The Balaban J connectivity index is 0. The van der Waals surface area contributed by atoms with Crippen LogP contribution in [0.3, 0.4) is 0 Å². The molecule has 0 saturated heterocycles. The number of hydrogen-bond donors (Lipinski definition) is 0. The molecule has 0 heterocycles. The van der Waals surface area contributed by atoms with E-state index in [0.29, 0.717) is 0 Å². The van der Waals surface area contributed by atoms with E-state index in [2.05, 4.69) is 17.6 Å². The predicted molar refractivity (Wildman–Crippen MR) is 18.3 cm³/mol. The summed E-state index contributed by atoms with van der Waals surface area (Å²) in [4.78, 5) is 0. The maximum absolute atomic E-state index is 4.14. The van der Waals surface area contributed by atoms with Crippen LogP contribution in [-0.4, -0.2) is 5.37 Å². The summed E-state index contributed by atoms with van der Waals surface area (Å²) in [5.74, 6) is 0. The third kappa shape index (κ3) is 9.49. The second-order valence-corrected chi connectivity index (χ2v) is 0.612. The summed E-state index contributed by atoms with van der Waals surface area (Å²) >= 11 is 4.14. The van der Waals surface area contributed by atoms with Crippen LogP contribution in [0.25, 0.3) is 0 Å². The third-order valence-corrected chi connectivity index (χ3v) is 0. The van der Waals surface area contributed by atoms with Gasteiger partial charge in [0, 0.05) is 46.9 Å². The molecule has 0 N–H and O–H groups in total. The van der Waals surface area contributed by atoms with Crippen molar-refractivity contribution in [2.24, 2.45) is 0 Å². The van der Waals surface area contributed by atoms with Crippen LogP contribution in [0.1, 0.15) is 6.92 Å². The van der Waals surface area contributed by atoms with Crippen molar-refractivity contribution in [3.8, 4) is 0 Å². The van der Waals surface area contributed by atoms with Crippen LogP contribution in [0.15, 0.2) is 0 Å². The van der Waals surface area contributed by atoms with E-state index in [0.717, 1.165) is 0 Å². The van der Waals surface area contributed by atoms with E-state index in [1.807, 2.05) is 0 Å². The summed E-state index contributed by atoms with van der Waals surface area (Å²) in [6, 6.07) is 0. The van der Waals surface area contributed by atoms with Crippen molar-refractivity contribution in [3.63, 3.8) is 0 Å². The topological polar surface area (TPSA) is 0 Å². The summed E-state index contributed by atoms with van der Waals surface area (Å²) in [6.45, 7) is 1.69. The zero-order chi connectivity index (χ0) is 2.71. The van der Waals surface area contributed by atoms with Gasteiger partial charge in [-0.15, -0.1) is 0 Å². The van der Waals surface area contributed by atoms with Crippen molar-refractivity contribution in [1.29, 1.82) is 0 Å². The van der Waals surface area contributed by atoms with Crippen LogP contribution in [0, 0.1) is 46.9 Å². The largest absolute Gasteiger partial charge is 0.428 e. The Morgan fingerprint density at radius 1 is 1.75 bits per heavy atom. The normalized spacial score (nSPS) is 3.25. The molecule has 0 aliphatic rings. The van der Waals surface area contributed by atoms with Gasteiger partial charge in [0.25, 0.3) is 0 Å². The van der Waals surface area contributed by atoms with Crippen LogP contribution in [0.2, 0.25) is 0 Å². The molecule has 0 amide bonds. The quantitative estimate of drug-likeness (QED) is 0.441. The van der Waals surface area contributed by atoms with Crippen LogP contribution in [-0.2, 0) is 0 Å². The van der Waals surface area contributed by atoms with Gasteiger partial charge in [0.15, 0.2) is 0 Å². The summed E-state index contributed by atoms with van der Waals surface area (Å²) in [5, 5.41) is 2.33. The summed E-state index contributed by atoms with van der Waals surface area (Å²) in [7, 11) is 0. The molecule has 0 aliphatic heterocycles. The minimum absolute atomic E-state index is 0. The molecule has 0 rings (SSSR count). The molecule has 0 saturated carbocycles.